The van der Waals surface area contributed by atoms with Crippen LogP contribution in [-0.2, 0) is 11.8 Å². The van der Waals surface area contributed by atoms with Crippen LogP contribution in [0, 0.1) is 0 Å². The van der Waals surface area contributed by atoms with Crippen LogP contribution in [0.4, 0.5) is 5.69 Å². The monoisotopic (exact) mass is 336 g/mol. The minimum Gasteiger partial charge on any atom is -0.378 e. The van der Waals surface area contributed by atoms with Gasteiger partial charge in [0.25, 0.3) is 11.5 Å². The number of rotatable bonds is 3. The molecule has 1 heterocycles. The largest absolute Gasteiger partial charge is 0.378 e. The van der Waals surface area contributed by atoms with Gasteiger partial charge in [0.2, 0.25) is 0 Å². The number of hydrogen-bond acceptors (Lipinski definition) is 3. The zero-order valence-corrected chi connectivity index (χ0v) is 12.3. The Morgan fingerprint density at radius 3 is 2.60 bits per heavy atom. The number of carbonyl (C=O) groups is 1. The molecule has 1 aromatic heterocycles. The quantitative estimate of drug-likeness (QED) is 0.898. The smallest absolute Gasteiger partial charge is 0.264 e. The van der Waals surface area contributed by atoms with Gasteiger partial charge in [0.05, 0.1) is 10.2 Å². The van der Waals surface area contributed by atoms with Crippen molar-refractivity contribution < 1.29 is 9.90 Å². The van der Waals surface area contributed by atoms with E-state index in [1.165, 1.54) is 16.8 Å². The van der Waals surface area contributed by atoms with Crippen LogP contribution >= 0.6 is 15.9 Å². The molecule has 0 radical (unpaired) electrons. The summed E-state index contributed by atoms with van der Waals surface area (Å²) >= 11 is 3.12. The zero-order valence-electron chi connectivity index (χ0n) is 10.7. The van der Waals surface area contributed by atoms with Crippen molar-refractivity contribution in [3.05, 3.63) is 63.0 Å². The number of aromatic nitrogens is 1. The van der Waals surface area contributed by atoms with Crippen LogP contribution in [0.5, 0.6) is 0 Å². The summed E-state index contributed by atoms with van der Waals surface area (Å²) in [6, 6.07) is 10.1. The third-order valence-electron chi connectivity index (χ3n) is 2.77. The lowest BCUT2D eigenvalue weighted by Gasteiger charge is -2.12. The van der Waals surface area contributed by atoms with Crippen LogP contribution in [0.3, 0.4) is 0 Å². The van der Waals surface area contributed by atoms with Gasteiger partial charge in [-0.2, -0.15) is 0 Å². The van der Waals surface area contributed by atoms with Gasteiger partial charge in [-0.25, -0.2) is 0 Å². The molecule has 5 nitrogen and oxygen atoms in total. The summed E-state index contributed by atoms with van der Waals surface area (Å²) in [6.07, 6.45) is 0.232. The molecule has 0 spiro atoms. The second-order valence-corrected chi connectivity index (χ2v) is 5.15. The highest BCUT2D eigenvalue weighted by Crippen LogP contribution is 2.16. The fourth-order valence-corrected chi connectivity index (χ4v) is 2.26. The number of nitrogens with one attached hydrogen (secondary N) is 1. The molecule has 2 rings (SSSR count). The van der Waals surface area contributed by atoms with Crippen LogP contribution in [-0.4, -0.2) is 15.6 Å². The van der Waals surface area contributed by atoms with Crippen molar-refractivity contribution in [2.45, 2.75) is 6.10 Å². The molecule has 6 heteroatoms. The van der Waals surface area contributed by atoms with Gasteiger partial charge in [-0.15, -0.1) is 0 Å². The van der Waals surface area contributed by atoms with Crippen molar-refractivity contribution >= 4 is 27.5 Å². The van der Waals surface area contributed by atoms with Gasteiger partial charge in [-0.1, -0.05) is 30.3 Å². The first kappa shape index (κ1) is 14.5. The van der Waals surface area contributed by atoms with E-state index in [0.29, 0.717) is 15.7 Å². The van der Waals surface area contributed by atoms with E-state index in [9.17, 15) is 14.7 Å². The second-order valence-electron chi connectivity index (χ2n) is 4.30. The third-order valence-corrected chi connectivity index (χ3v) is 3.34. The summed E-state index contributed by atoms with van der Waals surface area (Å²) in [5.74, 6) is -0.554. The highest BCUT2D eigenvalue weighted by Gasteiger charge is 2.17. The summed E-state index contributed by atoms with van der Waals surface area (Å²) < 4.78 is 1.68. The molecule has 0 bridgehead atoms. The lowest BCUT2D eigenvalue weighted by atomic mass is 10.1. The van der Waals surface area contributed by atoms with Crippen molar-refractivity contribution in [1.29, 1.82) is 0 Å². The van der Waals surface area contributed by atoms with E-state index in [2.05, 4.69) is 21.2 Å². The van der Waals surface area contributed by atoms with E-state index >= 15 is 0 Å². The average Bonchev–Trinajstić information content (AvgIpc) is 2.44. The number of nitrogens with zero attached hydrogens (tertiary/aromatic N) is 1. The number of aryl methyl sites for hydroxylation is 1. The maximum absolute atomic E-state index is 12.0. The van der Waals surface area contributed by atoms with Crippen LogP contribution in [0.1, 0.15) is 11.7 Å². The summed E-state index contributed by atoms with van der Waals surface area (Å²) in [7, 11) is 1.58. The summed E-state index contributed by atoms with van der Waals surface area (Å²) in [5, 5.41) is 12.5. The lowest BCUT2D eigenvalue weighted by molar-refractivity contribution is -0.124. The van der Waals surface area contributed by atoms with Crippen LogP contribution in [0.25, 0.3) is 0 Å². The first-order valence-corrected chi connectivity index (χ1v) is 6.68. The molecule has 1 atom stereocenters. The van der Waals surface area contributed by atoms with Crippen LogP contribution in [0.2, 0.25) is 0 Å². The maximum atomic E-state index is 12.0. The summed E-state index contributed by atoms with van der Waals surface area (Å²) in [6.45, 7) is 0. The Bertz CT molecular complexity index is 656. The van der Waals surface area contributed by atoms with Crippen molar-refractivity contribution in [3.63, 3.8) is 0 Å². The van der Waals surface area contributed by atoms with Gasteiger partial charge in [0.15, 0.2) is 6.10 Å². The van der Waals surface area contributed by atoms with Gasteiger partial charge < -0.3 is 15.0 Å². The molecule has 1 amide bonds. The number of aliphatic hydroxyl groups is 1. The first-order valence-electron chi connectivity index (χ1n) is 5.89. The highest BCUT2D eigenvalue weighted by molar-refractivity contribution is 9.10. The Balaban J connectivity index is 2.18. The number of aliphatic hydroxyl groups excluding tert-OH is 1. The Morgan fingerprint density at radius 2 is 2.00 bits per heavy atom. The second kappa shape index (κ2) is 6.02. The van der Waals surface area contributed by atoms with E-state index in [4.69, 9.17) is 0 Å². The molecular formula is C14H13BrN2O3. The third kappa shape index (κ3) is 3.15. The van der Waals surface area contributed by atoms with Gasteiger partial charge in [-0.3, -0.25) is 9.59 Å². The normalized spacial score (nSPS) is 11.9. The minimum absolute atomic E-state index is 0.202. The fraction of sp³-hybridized carbons (Fsp3) is 0.143. The van der Waals surface area contributed by atoms with Gasteiger partial charge in [-0.05, 0) is 27.6 Å². The topological polar surface area (TPSA) is 71.3 Å². The molecule has 2 N–H and O–H groups in total. The summed E-state index contributed by atoms with van der Waals surface area (Å²) in [5.41, 5.74) is 0.736. The van der Waals surface area contributed by atoms with Gasteiger partial charge in [0.1, 0.15) is 0 Å². The molecule has 2 aromatic rings. The van der Waals surface area contributed by atoms with Crippen molar-refractivity contribution in [3.8, 4) is 0 Å². The van der Waals surface area contributed by atoms with E-state index in [0.717, 1.165) is 0 Å². The molecule has 1 unspecified atom stereocenters. The molecule has 0 aliphatic rings. The van der Waals surface area contributed by atoms with E-state index in [1.54, 1.807) is 37.4 Å². The molecule has 0 fully saturated rings. The van der Waals surface area contributed by atoms with Gasteiger partial charge >= 0.3 is 0 Å². The number of pyridine rings is 1. The van der Waals surface area contributed by atoms with Crippen molar-refractivity contribution in [2.75, 3.05) is 5.32 Å². The Labute approximate surface area is 124 Å². The number of benzene rings is 1. The van der Waals surface area contributed by atoms with E-state index in [-0.39, 0.29) is 5.56 Å². The van der Waals surface area contributed by atoms with Crippen molar-refractivity contribution in [1.82, 2.24) is 4.57 Å². The predicted octanol–water partition coefficient (Wildman–Crippen LogP) is 1.82. The lowest BCUT2D eigenvalue weighted by Crippen LogP contribution is -2.23. The highest BCUT2D eigenvalue weighted by atomic mass is 79.9. The Hall–Kier alpha value is -1.92. The molecule has 0 saturated heterocycles. The summed E-state index contributed by atoms with van der Waals surface area (Å²) in [4.78, 5) is 23.5. The Kier molecular flexibility index (Phi) is 4.36. The standard InChI is InChI=1S/C14H13BrN2O3/c1-17-8-10(7-11(15)14(17)20)16-13(19)12(18)9-5-3-2-4-6-9/h2-8,12,18H,1H3,(H,16,19). The average molecular weight is 337 g/mol. The molecule has 104 valence electrons. The molecule has 0 aliphatic heterocycles. The molecule has 1 aromatic carbocycles. The number of halogens is 1. The fourth-order valence-electron chi connectivity index (χ4n) is 1.74. The van der Waals surface area contributed by atoms with E-state index < -0.39 is 12.0 Å². The maximum Gasteiger partial charge on any atom is 0.264 e. The number of carbonyl (C=O) groups excluding carboxylic acids is 1. The number of anilines is 1. The van der Waals surface area contributed by atoms with Crippen LogP contribution in [0.15, 0.2) is 51.9 Å². The SMILES string of the molecule is Cn1cc(NC(=O)C(O)c2ccccc2)cc(Br)c1=O. The van der Waals surface area contributed by atoms with Crippen molar-refractivity contribution in [2.24, 2.45) is 7.05 Å². The first-order chi connectivity index (χ1) is 9.49. The number of amides is 1. The molecule has 20 heavy (non-hydrogen) atoms. The molecular weight excluding hydrogens is 324 g/mol. The number of hydrogen-bond donors (Lipinski definition) is 2. The Morgan fingerprint density at radius 1 is 1.35 bits per heavy atom. The molecule has 0 aliphatic carbocycles. The zero-order chi connectivity index (χ0) is 14.7. The predicted molar refractivity (Wildman–Crippen MR) is 79.4 cm³/mol. The van der Waals surface area contributed by atoms with Crippen LogP contribution < -0.4 is 10.9 Å². The molecule has 0 saturated carbocycles. The van der Waals surface area contributed by atoms with Gasteiger partial charge in [0, 0.05) is 13.2 Å². The minimum atomic E-state index is -1.26. The van der Waals surface area contributed by atoms with E-state index in [1.807, 2.05) is 0 Å².